The summed E-state index contributed by atoms with van der Waals surface area (Å²) >= 11 is 3.56. The summed E-state index contributed by atoms with van der Waals surface area (Å²) in [5, 5.41) is 2.92. The minimum Gasteiger partial charge on any atom is -0.493 e. The van der Waals surface area contributed by atoms with E-state index in [0.717, 1.165) is 21.3 Å². The number of anilines is 1. The quantitative estimate of drug-likeness (QED) is 0.809. The van der Waals surface area contributed by atoms with Crippen LogP contribution in [-0.4, -0.2) is 26.4 Å². The summed E-state index contributed by atoms with van der Waals surface area (Å²) in [6, 6.07) is 7.67. The molecule has 0 bridgehead atoms. The van der Waals surface area contributed by atoms with Crippen molar-refractivity contribution in [1.29, 1.82) is 0 Å². The Morgan fingerprint density at radius 3 is 2.73 bits per heavy atom. The summed E-state index contributed by atoms with van der Waals surface area (Å²) in [6.07, 6.45) is 0.343. The van der Waals surface area contributed by atoms with Crippen LogP contribution in [0.5, 0.6) is 23.0 Å². The normalized spacial score (nSPS) is 17.5. The molecule has 2 aromatic carbocycles. The molecule has 2 heterocycles. The number of ether oxygens (including phenoxy) is 4. The number of fused-ring (bicyclic) bond motifs is 2. The first kappa shape index (κ1) is 17.0. The van der Waals surface area contributed by atoms with E-state index in [1.807, 2.05) is 31.2 Å². The van der Waals surface area contributed by atoms with Gasteiger partial charge in [-0.25, -0.2) is 0 Å². The Morgan fingerprint density at radius 1 is 1.23 bits per heavy atom. The molecule has 1 N–H and O–H groups in total. The van der Waals surface area contributed by atoms with Crippen molar-refractivity contribution in [2.75, 3.05) is 25.8 Å². The number of hydrogen-bond donors (Lipinski definition) is 1. The van der Waals surface area contributed by atoms with Crippen LogP contribution in [0.15, 0.2) is 28.7 Å². The largest absolute Gasteiger partial charge is 0.493 e. The molecule has 0 spiro atoms. The highest BCUT2D eigenvalue weighted by Crippen LogP contribution is 2.47. The summed E-state index contributed by atoms with van der Waals surface area (Å²) in [5.41, 5.74) is 2.71. The topological polar surface area (TPSA) is 66.0 Å². The fourth-order valence-corrected chi connectivity index (χ4v) is 3.95. The van der Waals surface area contributed by atoms with Gasteiger partial charge in [0.05, 0.1) is 18.2 Å². The highest BCUT2D eigenvalue weighted by Gasteiger charge is 2.31. The van der Waals surface area contributed by atoms with Gasteiger partial charge in [-0.15, -0.1) is 0 Å². The molecule has 0 saturated carbocycles. The van der Waals surface area contributed by atoms with Crippen LogP contribution in [0.1, 0.15) is 30.4 Å². The van der Waals surface area contributed by atoms with Gasteiger partial charge >= 0.3 is 0 Å². The van der Waals surface area contributed by atoms with Gasteiger partial charge in [0, 0.05) is 24.1 Å². The van der Waals surface area contributed by atoms with Crippen LogP contribution in [-0.2, 0) is 4.79 Å². The van der Waals surface area contributed by atoms with E-state index in [0.29, 0.717) is 36.0 Å². The maximum atomic E-state index is 12.3. The van der Waals surface area contributed by atoms with E-state index in [9.17, 15) is 4.79 Å². The van der Waals surface area contributed by atoms with Crippen LogP contribution >= 0.6 is 15.9 Å². The molecule has 136 valence electrons. The van der Waals surface area contributed by atoms with E-state index < -0.39 is 0 Å². The molecule has 0 fully saturated rings. The number of halogens is 1. The van der Waals surface area contributed by atoms with Crippen molar-refractivity contribution in [2.24, 2.45) is 0 Å². The van der Waals surface area contributed by atoms with E-state index in [1.165, 1.54) is 0 Å². The van der Waals surface area contributed by atoms with Crippen molar-refractivity contribution < 1.29 is 23.7 Å². The number of carbonyl (C=O) groups excluding carboxylic acids is 1. The summed E-state index contributed by atoms with van der Waals surface area (Å²) in [4.78, 5) is 12.3. The summed E-state index contributed by atoms with van der Waals surface area (Å²) < 4.78 is 22.9. The molecule has 1 amide bonds. The van der Waals surface area contributed by atoms with Gasteiger partial charge in [0.25, 0.3) is 0 Å². The van der Waals surface area contributed by atoms with Crippen LogP contribution < -0.4 is 24.3 Å². The molecule has 0 unspecified atom stereocenters. The summed E-state index contributed by atoms with van der Waals surface area (Å²) in [5.74, 6) is 2.48. The van der Waals surface area contributed by atoms with Crippen LogP contribution in [0.4, 0.5) is 5.69 Å². The van der Waals surface area contributed by atoms with Crippen molar-refractivity contribution in [3.63, 3.8) is 0 Å². The Bertz CT molecular complexity index is 883. The van der Waals surface area contributed by atoms with Crippen molar-refractivity contribution in [3.05, 3.63) is 39.9 Å². The van der Waals surface area contributed by atoms with Crippen LogP contribution in [0.3, 0.4) is 0 Å². The Morgan fingerprint density at radius 2 is 2.00 bits per heavy atom. The van der Waals surface area contributed by atoms with Crippen molar-refractivity contribution in [3.8, 4) is 23.0 Å². The molecule has 0 saturated heterocycles. The average Bonchev–Trinajstić information content (AvgIpc) is 3.08. The highest BCUT2D eigenvalue weighted by atomic mass is 79.9. The zero-order chi connectivity index (χ0) is 18.3. The number of carbonyl (C=O) groups is 1. The molecule has 4 rings (SSSR count). The maximum Gasteiger partial charge on any atom is 0.231 e. The molecule has 2 aliphatic rings. The van der Waals surface area contributed by atoms with Crippen LogP contribution in [0.2, 0.25) is 0 Å². The number of methoxy groups -OCH3 is 1. The number of rotatable bonds is 4. The Kier molecular flexibility index (Phi) is 4.40. The van der Waals surface area contributed by atoms with Crippen molar-refractivity contribution in [2.45, 2.75) is 19.3 Å². The maximum absolute atomic E-state index is 12.3. The van der Waals surface area contributed by atoms with Crippen molar-refractivity contribution in [1.82, 2.24) is 0 Å². The van der Waals surface area contributed by atoms with Crippen LogP contribution in [0.25, 0.3) is 0 Å². The van der Waals surface area contributed by atoms with Gasteiger partial charge in [-0.2, -0.15) is 0 Å². The lowest BCUT2D eigenvalue weighted by Gasteiger charge is -2.27. The monoisotopic (exact) mass is 419 g/mol. The molecule has 0 aromatic heterocycles. The lowest BCUT2D eigenvalue weighted by Crippen LogP contribution is -2.23. The van der Waals surface area contributed by atoms with E-state index in [1.54, 1.807) is 7.11 Å². The third-order valence-electron chi connectivity index (χ3n) is 4.53. The molecule has 2 aromatic rings. The second-order valence-corrected chi connectivity index (χ2v) is 6.92. The molecule has 26 heavy (non-hydrogen) atoms. The lowest BCUT2D eigenvalue weighted by atomic mass is 9.84. The Labute approximate surface area is 159 Å². The van der Waals surface area contributed by atoms with Crippen molar-refractivity contribution >= 4 is 27.5 Å². The predicted octanol–water partition coefficient (Wildman–Crippen LogP) is 4.06. The Hall–Kier alpha value is -2.41. The third-order valence-corrected chi connectivity index (χ3v) is 5.12. The number of amides is 1. The zero-order valence-electron chi connectivity index (χ0n) is 14.4. The smallest absolute Gasteiger partial charge is 0.231 e. The second-order valence-electron chi connectivity index (χ2n) is 6.06. The molecule has 0 radical (unpaired) electrons. The van der Waals surface area contributed by atoms with Gasteiger partial charge < -0.3 is 24.3 Å². The molecular formula is C19H18BrNO5. The molecule has 7 heteroatoms. The van der Waals surface area contributed by atoms with Gasteiger partial charge in [-0.05, 0) is 52.2 Å². The predicted molar refractivity (Wildman–Crippen MR) is 99.5 cm³/mol. The van der Waals surface area contributed by atoms with Gasteiger partial charge in [-0.1, -0.05) is 0 Å². The van der Waals surface area contributed by atoms with E-state index >= 15 is 0 Å². The third kappa shape index (κ3) is 2.86. The first-order valence-electron chi connectivity index (χ1n) is 8.34. The van der Waals surface area contributed by atoms with Gasteiger partial charge in [0.2, 0.25) is 12.7 Å². The van der Waals surface area contributed by atoms with E-state index in [2.05, 4.69) is 21.2 Å². The van der Waals surface area contributed by atoms with Gasteiger partial charge in [-0.3, -0.25) is 4.79 Å². The molecule has 0 aliphatic carbocycles. The molecule has 2 aliphatic heterocycles. The lowest BCUT2D eigenvalue weighted by molar-refractivity contribution is -0.116. The Balaban J connectivity index is 1.82. The fourth-order valence-electron chi connectivity index (χ4n) is 3.37. The second kappa shape index (κ2) is 6.72. The standard InChI is InChI=1S/C19H18BrNO5/c1-3-24-19-13(20)4-10(5-17(19)23-2)11-7-18(22)21-14-8-16-15(6-12(11)14)25-9-26-16/h4-6,8,11H,3,7,9H2,1-2H3,(H,21,22)/t11-/m0/s1. The molecular weight excluding hydrogens is 402 g/mol. The average molecular weight is 420 g/mol. The number of nitrogens with one attached hydrogen (secondary N) is 1. The summed E-state index contributed by atoms with van der Waals surface area (Å²) in [7, 11) is 1.60. The number of hydrogen-bond acceptors (Lipinski definition) is 5. The first-order valence-corrected chi connectivity index (χ1v) is 9.13. The van der Waals surface area contributed by atoms with E-state index in [4.69, 9.17) is 18.9 Å². The number of benzene rings is 2. The fraction of sp³-hybridized carbons (Fsp3) is 0.316. The van der Waals surface area contributed by atoms with Crippen LogP contribution in [0, 0.1) is 0 Å². The minimum absolute atomic E-state index is 0.0367. The molecule has 1 atom stereocenters. The highest BCUT2D eigenvalue weighted by molar-refractivity contribution is 9.10. The SMILES string of the molecule is CCOc1c(Br)cc([C@@H]2CC(=O)Nc3cc4c(cc32)OCO4)cc1OC. The summed E-state index contributed by atoms with van der Waals surface area (Å²) in [6.45, 7) is 2.65. The van der Waals surface area contributed by atoms with Gasteiger partial charge in [0.15, 0.2) is 23.0 Å². The minimum atomic E-state index is -0.117. The van der Waals surface area contributed by atoms with Gasteiger partial charge in [0.1, 0.15) is 0 Å². The first-order chi connectivity index (χ1) is 12.6. The zero-order valence-corrected chi connectivity index (χ0v) is 16.0. The molecule has 6 nitrogen and oxygen atoms in total. The van der Waals surface area contributed by atoms with E-state index in [-0.39, 0.29) is 18.6 Å².